The van der Waals surface area contributed by atoms with Gasteiger partial charge < -0.3 is 5.32 Å². The Hall–Kier alpha value is -0.480. The maximum atomic E-state index is 12.1. The average molecular weight is 344 g/mol. The summed E-state index contributed by atoms with van der Waals surface area (Å²) in [7, 11) is 0. The second-order valence-corrected chi connectivity index (χ2v) is 6.19. The van der Waals surface area contributed by atoms with Crippen molar-refractivity contribution < 1.29 is 4.79 Å². The van der Waals surface area contributed by atoms with Crippen molar-refractivity contribution in [1.29, 1.82) is 0 Å². The van der Waals surface area contributed by atoms with Crippen LogP contribution in [0.5, 0.6) is 0 Å². The molecule has 0 fully saturated rings. The third-order valence-corrected chi connectivity index (χ3v) is 5.69. The Morgan fingerprint density at radius 2 is 1.84 bits per heavy atom. The van der Waals surface area contributed by atoms with Gasteiger partial charge in [-0.1, -0.05) is 29.8 Å². The molecule has 0 aliphatic heterocycles. The summed E-state index contributed by atoms with van der Waals surface area (Å²) < 4.78 is 0. The van der Waals surface area contributed by atoms with Crippen molar-refractivity contribution in [3.05, 3.63) is 29.8 Å². The molecule has 0 bridgehead atoms. The van der Waals surface area contributed by atoms with Crippen LogP contribution in [0.2, 0.25) is 0 Å². The fraction of sp³-hybridized carbons (Fsp3) is 0.533. The summed E-state index contributed by atoms with van der Waals surface area (Å²) in [6, 6.07) is 7.73. The van der Waals surface area contributed by atoms with Crippen molar-refractivity contribution in [3.63, 3.8) is 0 Å². The van der Waals surface area contributed by atoms with Gasteiger partial charge in [0.2, 0.25) is 0 Å². The van der Waals surface area contributed by atoms with Gasteiger partial charge in [0.15, 0.2) is 0 Å². The van der Waals surface area contributed by atoms with E-state index in [9.17, 15) is 4.79 Å². The van der Waals surface area contributed by atoms with Crippen molar-refractivity contribution in [3.8, 4) is 0 Å². The summed E-state index contributed by atoms with van der Waals surface area (Å²) in [6.07, 6.45) is 4.14. The van der Waals surface area contributed by atoms with Crippen LogP contribution in [0.3, 0.4) is 0 Å². The van der Waals surface area contributed by atoms with Crippen molar-refractivity contribution in [1.82, 2.24) is 5.32 Å². The molecule has 1 aromatic carbocycles. The van der Waals surface area contributed by atoms with Crippen LogP contribution in [-0.2, 0) is 0 Å². The molecule has 1 aromatic rings. The van der Waals surface area contributed by atoms with E-state index >= 15 is 0 Å². The second kappa shape index (κ2) is 7.95. The molecule has 0 spiro atoms. The summed E-state index contributed by atoms with van der Waals surface area (Å²) in [5, 5.41) is 3.97. The number of alkyl halides is 1. The van der Waals surface area contributed by atoms with Crippen molar-refractivity contribution >= 4 is 33.6 Å². The highest BCUT2D eigenvalue weighted by atomic mass is 79.9. The van der Waals surface area contributed by atoms with Gasteiger partial charge in [-0.25, -0.2) is 0 Å². The lowest BCUT2D eigenvalue weighted by atomic mass is 9.84. The molecule has 1 N–H and O–H groups in total. The number of nitrogens with one attached hydrogen (secondary N) is 1. The van der Waals surface area contributed by atoms with Crippen LogP contribution in [0, 0.1) is 5.41 Å². The average Bonchev–Trinajstić information content (AvgIpc) is 2.49. The van der Waals surface area contributed by atoms with Crippen LogP contribution < -0.4 is 5.32 Å². The van der Waals surface area contributed by atoms with Crippen molar-refractivity contribution in [2.45, 2.75) is 31.6 Å². The molecule has 0 aliphatic carbocycles. The molecule has 0 aromatic heterocycles. The first-order chi connectivity index (χ1) is 9.10. The largest absolute Gasteiger partial charge is 0.351 e. The van der Waals surface area contributed by atoms with Gasteiger partial charge in [-0.15, -0.1) is 11.8 Å². The molecule has 0 atom stereocenters. The monoisotopic (exact) mass is 343 g/mol. The van der Waals surface area contributed by atoms with Crippen LogP contribution in [0.4, 0.5) is 0 Å². The fourth-order valence-electron chi connectivity index (χ4n) is 1.85. The highest BCUT2D eigenvalue weighted by Crippen LogP contribution is 2.27. The number of rotatable bonds is 7. The molecular formula is C15H22BrNOS. The third kappa shape index (κ3) is 4.53. The standard InChI is InChI=1S/C15H22BrNOS/c1-4-15(5-2,10-16)11-17-14(18)12-6-8-13(19-3)9-7-12/h6-9H,4-5,10-11H2,1-3H3,(H,17,18). The highest BCUT2D eigenvalue weighted by molar-refractivity contribution is 9.09. The molecule has 0 heterocycles. The van der Waals surface area contributed by atoms with E-state index in [1.54, 1.807) is 11.8 Å². The van der Waals surface area contributed by atoms with Crippen LogP contribution in [-0.4, -0.2) is 24.0 Å². The number of benzene rings is 1. The zero-order chi connectivity index (χ0) is 14.3. The molecule has 1 amide bonds. The number of carbonyl (C=O) groups excluding carboxylic acids is 1. The number of hydrogen-bond donors (Lipinski definition) is 1. The summed E-state index contributed by atoms with van der Waals surface area (Å²) in [4.78, 5) is 13.3. The van der Waals surface area contributed by atoms with E-state index in [0.29, 0.717) is 6.54 Å². The van der Waals surface area contributed by atoms with Gasteiger partial charge in [0.05, 0.1) is 0 Å². The quantitative estimate of drug-likeness (QED) is 0.589. The minimum atomic E-state index is 0.0138. The molecule has 19 heavy (non-hydrogen) atoms. The third-order valence-electron chi connectivity index (χ3n) is 3.76. The predicted molar refractivity (Wildman–Crippen MR) is 87.4 cm³/mol. The molecule has 2 nitrogen and oxygen atoms in total. The van der Waals surface area contributed by atoms with Gasteiger partial charge in [0.25, 0.3) is 5.91 Å². The zero-order valence-corrected chi connectivity index (χ0v) is 14.2. The molecule has 0 saturated heterocycles. The first-order valence-corrected chi connectivity index (χ1v) is 8.93. The molecule has 106 valence electrons. The van der Waals surface area contributed by atoms with E-state index in [0.717, 1.165) is 23.7 Å². The van der Waals surface area contributed by atoms with Crippen LogP contribution in [0.25, 0.3) is 0 Å². The Kier molecular flexibility index (Phi) is 6.94. The van der Waals surface area contributed by atoms with Crippen LogP contribution in [0.1, 0.15) is 37.0 Å². The number of carbonyl (C=O) groups is 1. The second-order valence-electron chi connectivity index (χ2n) is 4.75. The van der Waals surface area contributed by atoms with E-state index in [1.807, 2.05) is 30.5 Å². The van der Waals surface area contributed by atoms with Crippen LogP contribution in [0.15, 0.2) is 29.2 Å². The molecular weight excluding hydrogens is 322 g/mol. The van der Waals surface area contributed by atoms with Crippen molar-refractivity contribution in [2.75, 3.05) is 18.1 Å². The maximum Gasteiger partial charge on any atom is 0.251 e. The number of thioether (sulfide) groups is 1. The van der Waals surface area contributed by atoms with Gasteiger partial charge in [-0.3, -0.25) is 4.79 Å². The summed E-state index contributed by atoms with van der Waals surface area (Å²) in [5.41, 5.74) is 0.892. The van der Waals surface area contributed by atoms with Gasteiger partial charge in [0.1, 0.15) is 0 Å². The van der Waals surface area contributed by atoms with Gasteiger partial charge >= 0.3 is 0 Å². The minimum Gasteiger partial charge on any atom is -0.351 e. The van der Waals surface area contributed by atoms with E-state index in [-0.39, 0.29) is 11.3 Å². The molecule has 0 saturated carbocycles. The summed E-state index contributed by atoms with van der Waals surface area (Å²) >= 11 is 5.24. The smallest absolute Gasteiger partial charge is 0.251 e. The first kappa shape index (κ1) is 16.6. The summed E-state index contributed by atoms with van der Waals surface area (Å²) in [6.45, 7) is 5.06. The van der Waals surface area contributed by atoms with E-state index in [1.165, 1.54) is 4.90 Å². The molecule has 4 heteroatoms. The predicted octanol–water partition coefficient (Wildman–Crippen LogP) is 4.34. The lowest BCUT2D eigenvalue weighted by Gasteiger charge is -2.29. The lowest BCUT2D eigenvalue weighted by molar-refractivity contribution is 0.0932. The Balaban J connectivity index is 2.63. The molecule has 1 rings (SSSR count). The molecule has 0 radical (unpaired) electrons. The molecule has 0 aliphatic rings. The van der Waals surface area contributed by atoms with Crippen LogP contribution >= 0.6 is 27.7 Å². The zero-order valence-electron chi connectivity index (χ0n) is 11.8. The van der Waals surface area contributed by atoms with Gasteiger partial charge in [-0.05, 0) is 48.8 Å². The topological polar surface area (TPSA) is 29.1 Å². The van der Waals surface area contributed by atoms with E-state index in [2.05, 4.69) is 35.1 Å². The number of amides is 1. The fourth-order valence-corrected chi connectivity index (χ4v) is 3.25. The van der Waals surface area contributed by atoms with E-state index < -0.39 is 0 Å². The Morgan fingerprint density at radius 3 is 2.26 bits per heavy atom. The minimum absolute atomic E-state index is 0.0138. The molecule has 0 unspecified atom stereocenters. The first-order valence-electron chi connectivity index (χ1n) is 6.59. The SMILES string of the molecule is CCC(CC)(CBr)CNC(=O)c1ccc(SC)cc1. The number of hydrogen-bond acceptors (Lipinski definition) is 2. The van der Waals surface area contributed by atoms with Gasteiger partial charge in [-0.2, -0.15) is 0 Å². The maximum absolute atomic E-state index is 12.1. The number of halogens is 1. The Bertz CT molecular complexity index is 393. The lowest BCUT2D eigenvalue weighted by Crippen LogP contribution is -2.38. The normalized spacial score (nSPS) is 11.4. The highest BCUT2D eigenvalue weighted by Gasteiger charge is 2.25. The van der Waals surface area contributed by atoms with Gasteiger partial charge in [0, 0.05) is 22.3 Å². The van der Waals surface area contributed by atoms with E-state index in [4.69, 9.17) is 0 Å². The van der Waals surface area contributed by atoms with Crippen molar-refractivity contribution in [2.24, 2.45) is 5.41 Å². The summed E-state index contributed by atoms with van der Waals surface area (Å²) in [5.74, 6) is 0.0138. The Labute approximate surface area is 128 Å². The Morgan fingerprint density at radius 1 is 1.26 bits per heavy atom.